The van der Waals surface area contributed by atoms with Crippen LogP contribution >= 0.6 is 0 Å². The van der Waals surface area contributed by atoms with Crippen molar-refractivity contribution >= 4 is 13.3 Å². The number of piperidine rings is 1. The van der Waals surface area contributed by atoms with Crippen molar-refractivity contribution in [2.45, 2.75) is 52.0 Å². The summed E-state index contributed by atoms with van der Waals surface area (Å²) in [4.78, 5) is 2.58. The van der Waals surface area contributed by atoms with E-state index in [1.54, 1.807) is 5.19 Å². The van der Waals surface area contributed by atoms with Gasteiger partial charge < -0.3 is 5.73 Å². The van der Waals surface area contributed by atoms with E-state index in [4.69, 9.17) is 5.73 Å². The van der Waals surface area contributed by atoms with Gasteiger partial charge in [0.1, 0.15) is 0 Å². The van der Waals surface area contributed by atoms with E-state index in [2.05, 4.69) is 55.7 Å². The largest absolute Gasteiger partial charge is 0.329 e. The molecule has 2 N–H and O–H groups in total. The van der Waals surface area contributed by atoms with E-state index < -0.39 is 8.07 Å². The van der Waals surface area contributed by atoms with Crippen LogP contribution in [0.25, 0.3) is 0 Å². The molecule has 1 aromatic rings. The molecule has 20 heavy (non-hydrogen) atoms. The standard InChI is InChI=1S/C17H30N2Si/c1-14-6-5-11-19(17(14)12-18)13-15-7-9-16(10-8-15)20(2,3)4/h7-10,14,17H,5-6,11-13,18H2,1-4H3. The first-order valence-corrected chi connectivity index (χ1v) is 11.5. The maximum absolute atomic E-state index is 5.98. The third-order valence-corrected chi connectivity index (χ3v) is 6.74. The topological polar surface area (TPSA) is 29.3 Å². The maximum atomic E-state index is 5.98. The average Bonchev–Trinajstić information content (AvgIpc) is 2.38. The van der Waals surface area contributed by atoms with Crippen LogP contribution in [-0.2, 0) is 6.54 Å². The predicted molar refractivity (Wildman–Crippen MR) is 91.1 cm³/mol. The first-order valence-electron chi connectivity index (χ1n) is 7.95. The quantitative estimate of drug-likeness (QED) is 0.864. The summed E-state index contributed by atoms with van der Waals surface area (Å²) in [6, 6.07) is 9.88. The molecule has 2 rings (SSSR count). The van der Waals surface area contributed by atoms with Crippen LogP contribution in [0.2, 0.25) is 19.6 Å². The Bertz CT molecular complexity index is 422. The minimum Gasteiger partial charge on any atom is -0.329 e. The van der Waals surface area contributed by atoms with E-state index in [9.17, 15) is 0 Å². The zero-order chi connectivity index (χ0) is 14.8. The fourth-order valence-corrected chi connectivity index (χ4v) is 4.42. The van der Waals surface area contributed by atoms with Gasteiger partial charge in [-0.05, 0) is 30.9 Å². The van der Waals surface area contributed by atoms with Crippen LogP contribution in [0, 0.1) is 5.92 Å². The van der Waals surface area contributed by atoms with Gasteiger partial charge in [-0.2, -0.15) is 0 Å². The van der Waals surface area contributed by atoms with E-state index in [0.29, 0.717) is 6.04 Å². The minimum atomic E-state index is -1.17. The Hall–Kier alpha value is -0.643. The van der Waals surface area contributed by atoms with E-state index in [0.717, 1.165) is 19.0 Å². The first-order chi connectivity index (χ1) is 9.41. The number of nitrogens with two attached hydrogens (primary N) is 1. The Kier molecular flexibility index (Phi) is 5.05. The molecule has 0 radical (unpaired) electrons. The molecule has 1 aliphatic rings. The minimum absolute atomic E-state index is 0.556. The van der Waals surface area contributed by atoms with Crippen molar-refractivity contribution in [3.8, 4) is 0 Å². The molecule has 0 saturated carbocycles. The molecule has 2 nitrogen and oxygen atoms in total. The Morgan fingerprint density at radius 2 is 1.85 bits per heavy atom. The molecule has 0 aliphatic carbocycles. The number of benzene rings is 1. The number of hydrogen-bond donors (Lipinski definition) is 1. The third kappa shape index (κ3) is 3.71. The average molecular weight is 291 g/mol. The zero-order valence-electron chi connectivity index (χ0n) is 13.5. The number of rotatable bonds is 4. The van der Waals surface area contributed by atoms with Gasteiger partial charge in [0.25, 0.3) is 0 Å². The molecule has 1 fully saturated rings. The normalized spacial score (nSPS) is 24.9. The number of nitrogens with zero attached hydrogens (tertiary/aromatic N) is 1. The molecular weight excluding hydrogens is 260 g/mol. The second-order valence-corrected chi connectivity index (χ2v) is 12.4. The lowest BCUT2D eigenvalue weighted by Crippen LogP contribution is -2.48. The highest BCUT2D eigenvalue weighted by molar-refractivity contribution is 6.88. The SMILES string of the molecule is CC1CCCN(Cc2ccc([Si](C)(C)C)cc2)C1CN. The summed E-state index contributed by atoms with van der Waals surface area (Å²) in [5.74, 6) is 0.731. The zero-order valence-corrected chi connectivity index (χ0v) is 14.5. The molecule has 0 bridgehead atoms. The van der Waals surface area contributed by atoms with Gasteiger partial charge in [0.15, 0.2) is 0 Å². The number of likely N-dealkylation sites (tertiary alicyclic amines) is 1. The van der Waals surface area contributed by atoms with Crippen LogP contribution in [0.1, 0.15) is 25.3 Å². The third-order valence-electron chi connectivity index (χ3n) is 4.68. The van der Waals surface area contributed by atoms with Crippen LogP contribution in [0.4, 0.5) is 0 Å². The van der Waals surface area contributed by atoms with Gasteiger partial charge in [0.2, 0.25) is 0 Å². The summed E-state index contributed by atoms with van der Waals surface area (Å²) < 4.78 is 0. The molecule has 3 heteroatoms. The smallest absolute Gasteiger partial charge is 0.0775 e. The lowest BCUT2D eigenvalue weighted by Gasteiger charge is -2.39. The molecule has 112 valence electrons. The number of hydrogen-bond acceptors (Lipinski definition) is 2. The van der Waals surface area contributed by atoms with E-state index in [1.165, 1.54) is 24.9 Å². The summed E-state index contributed by atoms with van der Waals surface area (Å²) in [6.07, 6.45) is 2.64. The second-order valence-electron chi connectivity index (χ2n) is 7.34. The summed E-state index contributed by atoms with van der Waals surface area (Å²) in [5, 5.41) is 1.55. The molecule has 0 amide bonds. The van der Waals surface area contributed by atoms with Crippen molar-refractivity contribution in [3.63, 3.8) is 0 Å². The van der Waals surface area contributed by atoms with Crippen LogP contribution in [0.3, 0.4) is 0 Å². The Morgan fingerprint density at radius 3 is 2.40 bits per heavy atom. The Labute approximate surface area is 125 Å². The summed E-state index contributed by atoms with van der Waals surface area (Å²) in [6.45, 7) is 12.6. The first kappa shape index (κ1) is 15.7. The van der Waals surface area contributed by atoms with Crippen LogP contribution in [-0.4, -0.2) is 32.1 Å². The molecule has 0 spiro atoms. The molecule has 2 unspecified atom stereocenters. The van der Waals surface area contributed by atoms with Gasteiger partial charge >= 0.3 is 0 Å². The predicted octanol–water partition coefficient (Wildman–Crippen LogP) is 2.79. The molecule has 2 atom stereocenters. The fourth-order valence-electron chi connectivity index (χ4n) is 3.26. The Balaban J connectivity index is 2.05. The lowest BCUT2D eigenvalue weighted by molar-refractivity contribution is 0.0991. The maximum Gasteiger partial charge on any atom is 0.0775 e. The fraction of sp³-hybridized carbons (Fsp3) is 0.647. The van der Waals surface area contributed by atoms with E-state index >= 15 is 0 Å². The van der Waals surface area contributed by atoms with Crippen molar-refractivity contribution in [1.82, 2.24) is 4.90 Å². The van der Waals surface area contributed by atoms with Gasteiger partial charge in [-0.1, -0.05) is 56.0 Å². The van der Waals surface area contributed by atoms with Crippen molar-refractivity contribution in [1.29, 1.82) is 0 Å². The highest BCUT2D eigenvalue weighted by Gasteiger charge is 2.27. The molecule has 1 aromatic carbocycles. The molecule has 1 heterocycles. The summed E-state index contributed by atoms with van der Waals surface area (Å²) in [5.41, 5.74) is 7.41. The van der Waals surface area contributed by atoms with Gasteiger partial charge in [-0.15, -0.1) is 0 Å². The monoisotopic (exact) mass is 290 g/mol. The van der Waals surface area contributed by atoms with Crippen molar-refractivity contribution in [2.75, 3.05) is 13.1 Å². The van der Waals surface area contributed by atoms with Crippen molar-refractivity contribution in [3.05, 3.63) is 29.8 Å². The van der Waals surface area contributed by atoms with Crippen LogP contribution in [0.15, 0.2) is 24.3 Å². The summed E-state index contributed by atoms with van der Waals surface area (Å²) in [7, 11) is -1.17. The molecule has 1 aliphatic heterocycles. The van der Waals surface area contributed by atoms with Crippen molar-refractivity contribution in [2.24, 2.45) is 11.7 Å². The van der Waals surface area contributed by atoms with E-state index in [1.807, 2.05) is 0 Å². The molecular formula is C17H30N2Si. The Morgan fingerprint density at radius 1 is 1.20 bits per heavy atom. The van der Waals surface area contributed by atoms with Gasteiger partial charge in [-0.25, -0.2) is 0 Å². The van der Waals surface area contributed by atoms with Gasteiger partial charge in [0.05, 0.1) is 8.07 Å². The highest BCUT2D eigenvalue weighted by atomic mass is 28.3. The molecule has 0 aromatic heterocycles. The lowest BCUT2D eigenvalue weighted by atomic mass is 9.90. The van der Waals surface area contributed by atoms with Crippen LogP contribution < -0.4 is 10.9 Å². The van der Waals surface area contributed by atoms with Gasteiger partial charge in [0, 0.05) is 19.1 Å². The summed E-state index contributed by atoms with van der Waals surface area (Å²) >= 11 is 0. The van der Waals surface area contributed by atoms with Gasteiger partial charge in [-0.3, -0.25) is 4.90 Å². The molecule has 1 saturated heterocycles. The highest BCUT2D eigenvalue weighted by Crippen LogP contribution is 2.24. The van der Waals surface area contributed by atoms with Crippen molar-refractivity contribution < 1.29 is 0 Å². The second kappa shape index (κ2) is 6.42. The van der Waals surface area contributed by atoms with Crippen LogP contribution in [0.5, 0.6) is 0 Å². The van der Waals surface area contributed by atoms with E-state index in [-0.39, 0.29) is 0 Å².